The molecule has 0 radical (unpaired) electrons. The lowest BCUT2D eigenvalue weighted by molar-refractivity contribution is 0.631. The molecule has 4 heteroatoms. The summed E-state index contributed by atoms with van der Waals surface area (Å²) in [5.74, 6) is 0.0768. The van der Waals surface area contributed by atoms with Crippen LogP contribution >= 0.6 is 11.3 Å². The van der Waals surface area contributed by atoms with Crippen molar-refractivity contribution in [2.24, 2.45) is 0 Å². The van der Waals surface area contributed by atoms with Crippen molar-refractivity contribution < 1.29 is 4.39 Å². The van der Waals surface area contributed by atoms with Crippen LogP contribution in [0.25, 0.3) is 10.6 Å². The normalized spacial score (nSPS) is 11.0. The van der Waals surface area contributed by atoms with E-state index in [1.54, 1.807) is 12.1 Å². The molecule has 2 rings (SSSR count). The maximum absolute atomic E-state index is 13.6. The Bertz CT molecular complexity index is 505. The van der Waals surface area contributed by atoms with Gasteiger partial charge >= 0.3 is 0 Å². The van der Waals surface area contributed by atoms with Crippen molar-refractivity contribution in [1.29, 1.82) is 0 Å². The van der Waals surface area contributed by atoms with Crippen LogP contribution < -0.4 is 5.73 Å². The largest absolute Gasteiger partial charge is 0.399 e. The fourth-order valence-corrected chi connectivity index (χ4v) is 2.38. The molecule has 0 amide bonds. The number of anilines is 1. The van der Waals surface area contributed by atoms with Crippen molar-refractivity contribution in [3.63, 3.8) is 0 Å². The Morgan fingerprint density at radius 2 is 2.12 bits per heavy atom. The van der Waals surface area contributed by atoms with Crippen LogP contribution in [0.2, 0.25) is 0 Å². The van der Waals surface area contributed by atoms with E-state index in [4.69, 9.17) is 5.73 Å². The molecule has 0 bridgehead atoms. The first-order valence-corrected chi connectivity index (χ1v) is 5.96. The molecule has 0 unspecified atom stereocenters. The molecule has 0 aliphatic heterocycles. The van der Waals surface area contributed by atoms with Gasteiger partial charge in [-0.3, -0.25) is 0 Å². The Morgan fingerprint density at radius 1 is 1.38 bits per heavy atom. The summed E-state index contributed by atoms with van der Waals surface area (Å²) in [7, 11) is 0. The molecule has 1 heterocycles. The van der Waals surface area contributed by atoms with E-state index in [0.29, 0.717) is 22.2 Å². The van der Waals surface area contributed by atoms with Gasteiger partial charge in [0.15, 0.2) is 0 Å². The van der Waals surface area contributed by atoms with Gasteiger partial charge in [0.05, 0.1) is 5.69 Å². The molecule has 16 heavy (non-hydrogen) atoms. The van der Waals surface area contributed by atoms with Gasteiger partial charge in [0.1, 0.15) is 10.8 Å². The molecule has 0 spiro atoms. The first-order valence-electron chi connectivity index (χ1n) is 5.08. The lowest BCUT2D eigenvalue weighted by atomic mass is 10.1. The second-order valence-corrected chi connectivity index (χ2v) is 4.83. The first kappa shape index (κ1) is 11.1. The minimum atomic E-state index is -0.279. The Hall–Kier alpha value is -1.42. The van der Waals surface area contributed by atoms with Gasteiger partial charge in [-0.1, -0.05) is 13.8 Å². The van der Waals surface area contributed by atoms with Crippen LogP contribution in [-0.4, -0.2) is 4.98 Å². The van der Waals surface area contributed by atoms with E-state index in [2.05, 4.69) is 18.8 Å². The Labute approximate surface area is 97.9 Å². The lowest BCUT2D eigenvalue weighted by Crippen LogP contribution is -1.91. The zero-order valence-electron chi connectivity index (χ0n) is 9.20. The van der Waals surface area contributed by atoms with Crippen molar-refractivity contribution in [3.05, 3.63) is 35.1 Å². The average Bonchev–Trinajstić information content (AvgIpc) is 2.70. The highest BCUT2D eigenvalue weighted by molar-refractivity contribution is 7.13. The Balaban J connectivity index is 2.46. The zero-order chi connectivity index (χ0) is 11.7. The summed E-state index contributed by atoms with van der Waals surface area (Å²) in [4.78, 5) is 4.40. The molecule has 0 aliphatic carbocycles. The molecule has 2 aromatic rings. The molecule has 1 aromatic heterocycles. The fraction of sp³-hybridized carbons (Fsp3) is 0.250. The predicted octanol–water partition coefficient (Wildman–Crippen LogP) is 3.65. The van der Waals surface area contributed by atoms with Gasteiger partial charge in [0, 0.05) is 16.6 Å². The SMILES string of the molecule is CC(C)c1csc(-c2cc(N)ccc2F)n1. The van der Waals surface area contributed by atoms with E-state index in [1.165, 1.54) is 17.4 Å². The average molecular weight is 236 g/mol. The molecule has 84 valence electrons. The van der Waals surface area contributed by atoms with Crippen LogP contribution in [0.3, 0.4) is 0 Å². The highest BCUT2D eigenvalue weighted by Gasteiger charge is 2.11. The van der Waals surface area contributed by atoms with Crippen LogP contribution in [0.1, 0.15) is 25.5 Å². The van der Waals surface area contributed by atoms with Crippen molar-refractivity contribution in [2.45, 2.75) is 19.8 Å². The van der Waals surface area contributed by atoms with Crippen LogP contribution in [-0.2, 0) is 0 Å². The van der Waals surface area contributed by atoms with Crippen LogP contribution in [0.5, 0.6) is 0 Å². The number of nitrogen functional groups attached to an aromatic ring is 1. The van der Waals surface area contributed by atoms with Crippen molar-refractivity contribution in [1.82, 2.24) is 4.98 Å². The number of halogens is 1. The lowest BCUT2D eigenvalue weighted by Gasteiger charge is -2.01. The summed E-state index contributed by atoms with van der Waals surface area (Å²) >= 11 is 1.45. The van der Waals surface area contributed by atoms with E-state index in [-0.39, 0.29) is 5.82 Å². The number of hydrogen-bond acceptors (Lipinski definition) is 3. The predicted molar refractivity (Wildman–Crippen MR) is 66.0 cm³/mol. The molecular weight excluding hydrogens is 223 g/mol. The second kappa shape index (κ2) is 4.22. The van der Waals surface area contributed by atoms with E-state index in [9.17, 15) is 4.39 Å². The summed E-state index contributed by atoms with van der Waals surface area (Å²) in [6.45, 7) is 4.13. The highest BCUT2D eigenvalue weighted by Crippen LogP contribution is 2.29. The topological polar surface area (TPSA) is 38.9 Å². The minimum absolute atomic E-state index is 0.279. The zero-order valence-corrected chi connectivity index (χ0v) is 10.0. The highest BCUT2D eigenvalue weighted by atomic mass is 32.1. The van der Waals surface area contributed by atoms with Gasteiger partial charge in [0.25, 0.3) is 0 Å². The summed E-state index contributed by atoms with van der Waals surface area (Å²) in [5, 5.41) is 2.65. The third-order valence-electron chi connectivity index (χ3n) is 2.33. The number of nitrogens with two attached hydrogens (primary N) is 1. The van der Waals surface area contributed by atoms with Crippen LogP contribution in [0.4, 0.5) is 10.1 Å². The Morgan fingerprint density at radius 3 is 2.75 bits per heavy atom. The quantitative estimate of drug-likeness (QED) is 0.808. The number of nitrogens with zero attached hydrogens (tertiary/aromatic N) is 1. The molecule has 0 saturated carbocycles. The molecule has 1 aromatic carbocycles. The molecule has 0 saturated heterocycles. The first-order chi connectivity index (χ1) is 7.58. The molecule has 0 fully saturated rings. The van der Waals surface area contributed by atoms with Gasteiger partial charge in [-0.15, -0.1) is 11.3 Å². The maximum Gasteiger partial charge on any atom is 0.133 e. The standard InChI is InChI=1S/C12H13FN2S/c1-7(2)11-6-16-12(15-11)9-5-8(14)3-4-10(9)13/h3-7H,14H2,1-2H3. The fourth-order valence-electron chi connectivity index (χ4n) is 1.38. The van der Waals surface area contributed by atoms with Gasteiger partial charge in [0.2, 0.25) is 0 Å². The summed E-state index contributed by atoms with van der Waals surface area (Å²) in [6.07, 6.45) is 0. The molecular formula is C12H13FN2S. The van der Waals surface area contributed by atoms with E-state index >= 15 is 0 Å². The van der Waals surface area contributed by atoms with Crippen LogP contribution in [0.15, 0.2) is 23.6 Å². The van der Waals surface area contributed by atoms with E-state index in [0.717, 1.165) is 5.69 Å². The van der Waals surface area contributed by atoms with Gasteiger partial charge in [-0.2, -0.15) is 0 Å². The maximum atomic E-state index is 13.6. The number of aromatic nitrogens is 1. The third kappa shape index (κ3) is 2.07. The third-order valence-corrected chi connectivity index (χ3v) is 3.23. The van der Waals surface area contributed by atoms with Gasteiger partial charge in [-0.25, -0.2) is 9.37 Å². The van der Waals surface area contributed by atoms with Crippen molar-refractivity contribution in [3.8, 4) is 10.6 Å². The number of hydrogen-bond donors (Lipinski definition) is 1. The van der Waals surface area contributed by atoms with Crippen molar-refractivity contribution >= 4 is 17.0 Å². The number of rotatable bonds is 2. The number of thiazole rings is 1. The van der Waals surface area contributed by atoms with E-state index < -0.39 is 0 Å². The Kier molecular flexibility index (Phi) is 2.92. The second-order valence-electron chi connectivity index (χ2n) is 3.97. The monoisotopic (exact) mass is 236 g/mol. The molecule has 2 nitrogen and oxygen atoms in total. The summed E-state index contributed by atoms with van der Waals surface area (Å²) < 4.78 is 13.6. The molecule has 0 atom stereocenters. The van der Waals surface area contributed by atoms with Gasteiger partial charge < -0.3 is 5.73 Å². The summed E-state index contributed by atoms with van der Waals surface area (Å²) in [5.41, 5.74) is 7.67. The molecule has 0 aliphatic rings. The van der Waals surface area contributed by atoms with E-state index in [1.807, 2.05) is 5.38 Å². The van der Waals surface area contributed by atoms with Crippen LogP contribution in [0, 0.1) is 5.82 Å². The minimum Gasteiger partial charge on any atom is -0.399 e. The summed E-state index contributed by atoms with van der Waals surface area (Å²) in [6, 6.07) is 4.55. The number of benzene rings is 1. The molecule has 2 N–H and O–H groups in total. The van der Waals surface area contributed by atoms with Gasteiger partial charge in [-0.05, 0) is 24.1 Å². The van der Waals surface area contributed by atoms with Crippen molar-refractivity contribution in [2.75, 3.05) is 5.73 Å². The smallest absolute Gasteiger partial charge is 0.133 e.